The number of hydrogen-bond donors (Lipinski definition) is 0. The Bertz CT molecular complexity index is 1020. The van der Waals surface area contributed by atoms with Gasteiger partial charge in [-0.3, -0.25) is 4.79 Å². The summed E-state index contributed by atoms with van der Waals surface area (Å²) in [6.45, 7) is 3.76. The maximum Gasteiger partial charge on any atom is 0.338 e. The van der Waals surface area contributed by atoms with Crippen molar-refractivity contribution in [3.8, 4) is 17.2 Å². The van der Waals surface area contributed by atoms with Gasteiger partial charge in [0.25, 0.3) is 0 Å². The molecule has 31 heavy (non-hydrogen) atoms. The van der Waals surface area contributed by atoms with Crippen LogP contribution in [0, 0.1) is 0 Å². The van der Waals surface area contributed by atoms with E-state index >= 15 is 0 Å². The fraction of sp³-hybridized carbons (Fsp3) is 0.333. The number of ketones is 1. The number of fused-ring (bicyclic) bond motifs is 1. The van der Waals surface area contributed by atoms with Gasteiger partial charge in [0.2, 0.25) is 5.75 Å². The molecule has 0 amide bonds. The van der Waals surface area contributed by atoms with Gasteiger partial charge < -0.3 is 23.8 Å². The minimum atomic E-state index is -0.659. The molecule has 1 heterocycles. The Morgan fingerprint density at radius 3 is 2.16 bits per heavy atom. The van der Waals surface area contributed by atoms with E-state index in [0.717, 1.165) is 16.9 Å². The summed E-state index contributed by atoms with van der Waals surface area (Å²) < 4.78 is 21.0. The van der Waals surface area contributed by atoms with Crippen LogP contribution >= 0.6 is 0 Å². The molecule has 3 rings (SSSR count). The molecular weight excluding hydrogens is 398 g/mol. The van der Waals surface area contributed by atoms with Crippen molar-refractivity contribution >= 4 is 17.4 Å². The van der Waals surface area contributed by atoms with Gasteiger partial charge in [0.05, 0.1) is 26.9 Å². The summed E-state index contributed by atoms with van der Waals surface area (Å²) in [7, 11) is 6.32. The van der Waals surface area contributed by atoms with Crippen LogP contribution in [0.3, 0.4) is 0 Å². The number of para-hydroxylation sites is 1. The first-order chi connectivity index (χ1) is 14.7. The van der Waals surface area contributed by atoms with Gasteiger partial charge in [-0.15, -0.1) is 0 Å². The van der Waals surface area contributed by atoms with Crippen LogP contribution in [0.5, 0.6) is 17.2 Å². The first-order valence-corrected chi connectivity index (χ1v) is 9.80. The van der Waals surface area contributed by atoms with E-state index in [9.17, 15) is 9.59 Å². The van der Waals surface area contributed by atoms with Crippen molar-refractivity contribution in [2.75, 3.05) is 39.9 Å². The second-order valence-corrected chi connectivity index (χ2v) is 7.69. The molecule has 164 valence electrons. The van der Waals surface area contributed by atoms with Crippen molar-refractivity contribution in [1.82, 2.24) is 0 Å². The average molecular weight is 425 g/mol. The minimum Gasteiger partial charge on any atom is -0.493 e. The molecule has 0 saturated heterocycles. The van der Waals surface area contributed by atoms with Crippen molar-refractivity contribution in [3.63, 3.8) is 0 Å². The molecule has 0 spiro atoms. The third-order valence-electron chi connectivity index (χ3n) is 5.48. The van der Waals surface area contributed by atoms with Gasteiger partial charge in [-0.2, -0.15) is 0 Å². The molecule has 0 aliphatic carbocycles. The Kier molecular flexibility index (Phi) is 6.24. The van der Waals surface area contributed by atoms with E-state index in [4.69, 9.17) is 18.9 Å². The Morgan fingerprint density at radius 2 is 1.61 bits per heavy atom. The highest BCUT2D eigenvalue weighted by Crippen LogP contribution is 2.46. The molecule has 0 atom stereocenters. The number of rotatable bonds is 7. The lowest BCUT2D eigenvalue weighted by Crippen LogP contribution is -2.25. The Morgan fingerprint density at radius 1 is 1.00 bits per heavy atom. The third-order valence-corrected chi connectivity index (χ3v) is 5.48. The Balaban J connectivity index is 1.75. The van der Waals surface area contributed by atoms with Gasteiger partial charge in [0.1, 0.15) is 0 Å². The van der Waals surface area contributed by atoms with Crippen LogP contribution in [-0.4, -0.2) is 46.7 Å². The van der Waals surface area contributed by atoms with Crippen LogP contribution in [0.15, 0.2) is 48.2 Å². The number of esters is 1. The number of allylic oxidation sites excluding steroid dienone is 1. The molecule has 0 saturated carbocycles. The molecule has 1 aliphatic rings. The third kappa shape index (κ3) is 4.08. The van der Waals surface area contributed by atoms with E-state index in [1.807, 2.05) is 30.1 Å². The predicted octanol–water partition coefficient (Wildman–Crippen LogP) is 3.75. The first kappa shape index (κ1) is 22.2. The Hall–Kier alpha value is -3.48. The van der Waals surface area contributed by atoms with Gasteiger partial charge in [-0.1, -0.05) is 32.0 Å². The standard InChI is InChI=1S/C24H27NO6/c1-24(2)17-9-7-8-10-18(17)25(3)21(24)13-16(26)14-31-23(27)15-11-19(28-4)22(30-6)20(12-15)29-5/h7-13H,14H2,1-6H3/b21-13+. The Labute approximate surface area is 182 Å². The zero-order valence-corrected chi connectivity index (χ0v) is 18.6. The predicted molar refractivity (Wildman–Crippen MR) is 117 cm³/mol. The lowest BCUT2D eigenvalue weighted by atomic mass is 9.83. The van der Waals surface area contributed by atoms with Crippen molar-refractivity contribution in [1.29, 1.82) is 0 Å². The lowest BCUT2D eigenvalue weighted by Gasteiger charge is -2.23. The molecule has 2 aromatic carbocycles. The number of likely N-dealkylation sites (N-methyl/N-ethyl adjacent to an activating group) is 1. The fourth-order valence-electron chi connectivity index (χ4n) is 3.87. The van der Waals surface area contributed by atoms with E-state index in [1.165, 1.54) is 33.5 Å². The number of carbonyl (C=O) groups excluding carboxylic acids is 2. The van der Waals surface area contributed by atoms with Crippen molar-refractivity contribution in [2.24, 2.45) is 0 Å². The number of carbonyl (C=O) groups is 2. The van der Waals surface area contributed by atoms with Crippen LogP contribution in [0.4, 0.5) is 5.69 Å². The number of anilines is 1. The van der Waals surface area contributed by atoms with Crippen LogP contribution in [0.2, 0.25) is 0 Å². The van der Waals surface area contributed by atoms with Gasteiger partial charge >= 0.3 is 5.97 Å². The van der Waals surface area contributed by atoms with Crippen LogP contribution in [-0.2, 0) is 14.9 Å². The summed E-state index contributed by atoms with van der Waals surface area (Å²) >= 11 is 0. The summed E-state index contributed by atoms with van der Waals surface area (Å²) in [6.07, 6.45) is 1.54. The molecule has 7 nitrogen and oxygen atoms in total. The van der Waals surface area contributed by atoms with Crippen LogP contribution < -0.4 is 19.1 Å². The normalized spacial score (nSPS) is 15.4. The zero-order chi connectivity index (χ0) is 22.8. The quantitative estimate of drug-likeness (QED) is 0.494. The molecule has 2 aromatic rings. The summed E-state index contributed by atoms with van der Waals surface area (Å²) in [5.74, 6) is 0.0638. The monoisotopic (exact) mass is 425 g/mol. The van der Waals surface area contributed by atoms with Gasteiger partial charge in [-0.25, -0.2) is 4.79 Å². The zero-order valence-electron chi connectivity index (χ0n) is 18.6. The lowest BCUT2D eigenvalue weighted by molar-refractivity contribution is -0.117. The maximum absolute atomic E-state index is 12.6. The van der Waals surface area contributed by atoms with Crippen molar-refractivity contribution in [3.05, 3.63) is 59.3 Å². The molecule has 0 N–H and O–H groups in total. The van der Waals surface area contributed by atoms with E-state index < -0.39 is 5.97 Å². The second kappa shape index (κ2) is 8.71. The number of methoxy groups -OCH3 is 3. The van der Waals surface area contributed by atoms with Crippen LogP contribution in [0.25, 0.3) is 0 Å². The second-order valence-electron chi connectivity index (χ2n) is 7.69. The molecule has 7 heteroatoms. The number of hydrogen-bond acceptors (Lipinski definition) is 7. The molecule has 0 fully saturated rings. The summed E-state index contributed by atoms with van der Waals surface area (Å²) in [6, 6.07) is 11.0. The first-order valence-electron chi connectivity index (χ1n) is 9.80. The van der Waals surface area contributed by atoms with Gasteiger partial charge in [-0.05, 0) is 23.8 Å². The largest absolute Gasteiger partial charge is 0.493 e. The fourth-order valence-corrected chi connectivity index (χ4v) is 3.87. The smallest absolute Gasteiger partial charge is 0.338 e. The summed E-state index contributed by atoms with van der Waals surface area (Å²) in [4.78, 5) is 27.1. The molecule has 1 aliphatic heterocycles. The van der Waals surface area contributed by atoms with Crippen molar-refractivity contribution < 1.29 is 28.5 Å². The average Bonchev–Trinajstić information content (AvgIpc) is 2.97. The van der Waals surface area contributed by atoms with Gasteiger partial charge in [0, 0.05) is 29.9 Å². The number of nitrogens with zero attached hydrogens (tertiary/aromatic N) is 1. The molecule has 0 radical (unpaired) electrons. The van der Waals surface area contributed by atoms with Crippen molar-refractivity contribution in [2.45, 2.75) is 19.3 Å². The topological polar surface area (TPSA) is 74.3 Å². The van der Waals surface area contributed by atoms with E-state index in [2.05, 4.69) is 19.9 Å². The molecule has 0 aromatic heterocycles. The van der Waals surface area contributed by atoms with E-state index in [-0.39, 0.29) is 23.4 Å². The van der Waals surface area contributed by atoms with Crippen LogP contribution in [0.1, 0.15) is 29.8 Å². The molecule has 0 unspecified atom stereocenters. The minimum absolute atomic E-state index is 0.195. The highest BCUT2D eigenvalue weighted by molar-refractivity contribution is 5.97. The highest BCUT2D eigenvalue weighted by Gasteiger charge is 2.38. The summed E-state index contributed by atoms with van der Waals surface area (Å²) in [5, 5.41) is 0. The number of ether oxygens (including phenoxy) is 4. The summed E-state index contributed by atoms with van der Waals surface area (Å²) in [5.41, 5.74) is 2.91. The molecular formula is C24H27NO6. The highest BCUT2D eigenvalue weighted by atomic mass is 16.5. The maximum atomic E-state index is 12.6. The van der Waals surface area contributed by atoms with E-state index in [0.29, 0.717) is 17.2 Å². The van der Waals surface area contributed by atoms with Gasteiger partial charge in [0.15, 0.2) is 23.9 Å². The molecule has 0 bridgehead atoms. The SMILES string of the molecule is COc1cc(C(=O)OCC(=O)/C=C2/N(C)c3ccccc3C2(C)C)cc(OC)c1OC. The number of benzene rings is 2. The van der Waals surface area contributed by atoms with E-state index in [1.54, 1.807) is 6.08 Å².